The topological polar surface area (TPSA) is 92.4 Å². The van der Waals surface area contributed by atoms with E-state index < -0.39 is 12.0 Å². The molecule has 0 atom stereocenters. The first kappa shape index (κ1) is 27.1. The van der Waals surface area contributed by atoms with Crippen molar-refractivity contribution in [1.82, 2.24) is 20.1 Å². The van der Waals surface area contributed by atoms with Gasteiger partial charge in [-0.2, -0.15) is 5.10 Å². The second-order valence-electron chi connectivity index (χ2n) is 9.62. The highest BCUT2D eigenvalue weighted by Gasteiger charge is 2.31. The number of benzene rings is 1. The van der Waals surface area contributed by atoms with Crippen LogP contribution in [0.1, 0.15) is 39.3 Å². The monoisotopic (exact) mass is 507 g/mol. The number of anilines is 1. The number of H-pyrrole nitrogens is 1. The fraction of sp³-hybridized carbons (Fsp3) is 0.480. The van der Waals surface area contributed by atoms with Gasteiger partial charge in [0.05, 0.1) is 11.9 Å². The Labute approximate surface area is 208 Å². The van der Waals surface area contributed by atoms with Crippen molar-refractivity contribution in [1.29, 1.82) is 0 Å². The van der Waals surface area contributed by atoms with Crippen LogP contribution in [0, 0.1) is 12.8 Å². The Hall–Kier alpha value is -3.50. The number of nitrogens with zero attached hydrogens (tertiary/aromatic N) is 3. The van der Waals surface area contributed by atoms with E-state index in [1.54, 1.807) is 23.1 Å². The number of amides is 1. The van der Waals surface area contributed by atoms with Crippen molar-refractivity contribution in [3.63, 3.8) is 0 Å². The van der Waals surface area contributed by atoms with E-state index in [0.29, 0.717) is 48.3 Å². The number of alkyl halides is 3. The molecular weight excluding hydrogens is 475 g/mol. The molecule has 1 aromatic carbocycles. The fourth-order valence-corrected chi connectivity index (χ4v) is 3.59. The number of aryl methyl sites for hydroxylation is 1. The number of aromatic nitrogens is 3. The average Bonchev–Trinajstić information content (AvgIpc) is 2.87. The van der Waals surface area contributed by atoms with Gasteiger partial charge in [-0.25, -0.2) is 4.79 Å². The smallest absolute Gasteiger partial charge is 0.444 e. The summed E-state index contributed by atoms with van der Waals surface area (Å²) in [6, 6.07) is 9.17. The molecule has 2 aromatic rings. The number of rotatable bonds is 5. The zero-order valence-electron chi connectivity index (χ0n) is 20.9. The summed E-state index contributed by atoms with van der Waals surface area (Å²) in [5.41, 5.74) is 1.02. The van der Waals surface area contributed by atoms with E-state index in [1.165, 1.54) is 24.4 Å². The molecule has 1 fully saturated rings. The zero-order chi connectivity index (χ0) is 26.3. The minimum absolute atomic E-state index is 0.291. The summed E-state index contributed by atoms with van der Waals surface area (Å²) in [4.78, 5) is 18.3. The number of ether oxygens (including phenoxy) is 2. The van der Waals surface area contributed by atoms with E-state index >= 15 is 0 Å². The Balaban J connectivity index is 1.68. The molecule has 1 saturated heterocycles. The predicted molar refractivity (Wildman–Crippen MR) is 130 cm³/mol. The minimum Gasteiger partial charge on any atom is -0.444 e. The number of aromatic amines is 1. The van der Waals surface area contributed by atoms with Crippen LogP contribution in [0.25, 0.3) is 11.3 Å². The summed E-state index contributed by atoms with van der Waals surface area (Å²) >= 11 is 0. The maximum atomic E-state index is 12.6. The molecule has 8 nitrogen and oxygen atoms in total. The van der Waals surface area contributed by atoms with Crippen molar-refractivity contribution in [2.24, 2.45) is 5.92 Å². The number of hydrogen-bond acceptors (Lipinski definition) is 6. The van der Waals surface area contributed by atoms with Gasteiger partial charge in [0.2, 0.25) is 0 Å². The number of carbonyl (C=O) groups excluding carboxylic acids is 1. The number of nitrogens with one attached hydrogen (secondary N) is 2. The van der Waals surface area contributed by atoms with Gasteiger partial charge in [-0.3, -0.25) is 10.1 Å². The van der Waals surface area contributed by atoms with E-state index in [-0.39, 0.29) is 11.8 Å². The molecule has 36 heavy (non-hydrogen) atoms. The van der Waals surface area contributed by atoms with Crippen LogP contribution in [-0.2, 0) is 4.74 Å². The third-order valence-corrected chi connectivity index (χ3v) is 5.39. The maximum absolute atomic E-state index is 12.6. The molecule has 1 amide bonds. The first-order chi connectivity index (χ1) is 16.9. The summed E-state index contributed by atoms with van der Waals surface area (Å²) < 4.78 is 47.3. The first-order valence-corrected chi connectivity index (χ1v) is 11.7. The van der Waals surface area contributed by atoms with Crippen molar-refractivity contribution in [2.75, 3.05) is 25.0 Å². The predicted octanol–water partition coefficient (Wildman–Crippen LogP) is 5.86. The average molecular weight is 508 g/mol. The molecule has 1 aliphatic heterocycles. The number of carbonyl (C=O) groups is 1. The van der Waals surface area contributed by atoms with Crippen molar-refractivity contribution < 1.29 is 27.4 Å². The van der Waals surface area contributed by atoms with Gasteiger partial charge in [-0.05, 0) is 70.7 Å². The van der Waals surface area contributed by atoms with Gasteiger partial charge >= 0.3 is 12.5 Å². The standard InChI is InChI=1S/C25H32F3N5O3/c1-17-8-9-22(30-15-18-10-12-33(13-11-18)23(34)36-24(2,3)4)32-31-21(16-29-17)19-6-5-7-20(14-19)35-25(26,27)28/h5-9,14,16,18,31H,10-13,15H2,1-4H3,(H,30,32). The Bertz CT molecular complexity index is 1090. The third-order valence-electron chi connectivity index (χ3n) is 5.39. The lowest BCUT2D eigenvalue weighted by Gasteiger charge is -2.33. The van der Waals surface area contributed by atoms with E-state index in [0.717, 1.165) is 12.8 Å². The minimum atomic E-state index is -4.78. The first-order valence-electron chi connectivity index (χ1n) is 11.7. The van der Waals surface area contributed by atoms with Gasteiger partial charge in [0.1, 0.15) is 17.2 Å². The van der Waals surface area contributed by atoms with E-state index in [4.69, 9.17) is 4.74 Å². The van der Waals surface area contributed by atoms with Gasteiger partial charge in [0, 0.05) is 30.9 Å². The lowest BCUT2D eigenvalue weighted by atomic mass is 9.97. The molecule has 1 aromatic heterocycles. The lowest BCUT2D eigenvalue weighted by molar-refractivity contribution is -0.274. The van der Waals surface area contributed by atoms with Crippen LogP contribution >= 0.6 is 0 Å². The lowest BCUT2D eigenvalue weighted by Crippen LogP contribution is -2.42. The fourth-order valence-electron chi connectivity index (χ4n) is 3.59. The highest BCUT2D eigenvalue weighted by atomic mass is 19.4. The van der Waals surface area contributed by atoms with Gasteiger partial charge in [0.15, 0.2) is 0 Å². The summed E-state index contributed by atoms with van der Waals surface area (Å²) in [5, 5.41) is 10.6. The maximum Gasteiger partial charge on any atom is 0.573 e. The van der Waals surface area contributed by atoms with Crippen molar-refractivity contribution in [3.05, 3.63) is 48.3 Å². The molecule has 0 saturated carbocycles. The molecule has 1 aliphatic rings. The molecule has 0 spiro atoms. The number of piperidine rings is 1. The quantitative estimate of drug-likeness (QED) is 0.527. The number of hydrogen-bond donors (Lipinski definition) is 2. The molecule has 0 unspecified atom stereocenters. The third kappa shape index (κ3) is 8.94. The molecule has 2 heterocycles. The van der Waals surface area contributed by atoms with Crippen LogP contribution < -0.4 is 10.1 Å². The molecule has 196 valence electrons. The second kappa shape index (κ2) is 11.5. The largest absolute Gasteiger partial charge is 0.573 e. The summed E-state index contributed by atoms with van der Waals surface area (Å²) in [5.74, 6) is 0.560. The Morgan fingerprint density at radius 1 is 1.17 bits per heavy atom. The molecule has 2 N–H and O–H groups in total. The highest BCUT2D eigenvalue weighted by molar-refractivity contribution is 5.68. The summed E-state index contributed by atoms with van der Waals surface area (Å²) in [6.07, 6.45) is -1.91. The van der Waals surface area contributed by atoms with Gasteiger partial charge in [0.25, 0.3) is 0 Å². The van der Waals surface area contributed by atoms with E-state index in [2.05, 4.69) is 25.2 Å². The van der Waals surface area contributed by atoms with E-state index in [1.807, 2.05) is 27.7 Å². The molecule has 0 radical (unpaired) electrons. The normalized spacial score (nSPS) is 14.7. The van der Waals surface area contributed by atoms with Crippen LogP contribution in [0.3, 0.4) is 0 Å². The SMILES string of the molecule is Cc1ccc(NCC2CCN(C(=O)OC(C)(C)C)CC2)n[nH]c(-c2cccc(OC(F)(F)F)c2)cn1. The molecule has 3 rings (SSSR count). The van der Waals surface area contributed by atoms with Crippen LogP contribution in [-0.4, -0.2) is 57.8 Å². The molecule has 0 aliphatic carbocycles. The molecule has 0 bridgehead atoms. The van der Waals surface area contributed by atoms with Crippen molar-refractivity contribution in [3.8, 4) is 17.0 Å². The summed E-state index contributed by atoms with van der Waals surface area (Å²) in [7, 11) is 0. The van der Waals surface area contributed by atoms with Gasteiger partial charge < -0.3 is 19.7 Å². The van der Waals surface area contributed by atoms with Crippen LogP contribution in [0.4, 0.5) is 23.8 Å². The number of halogens is 3. The summed E-state index contributed by atoms with van der Waals surface area (Å²) in [6.45, 7) is 9.25. The van der Waals surface area contributed by atoms with Crippen molar-refractivity contribution in [2.45, 2.75) is 52.5 Å². The number of likely N-dealkylation sites (tertiary alicyclic amines) is 1. The Morgan fingerprint density at radius 3 is 2.56 bits per heavy atom. The van der Waals surface area contributed by atoms with Crippen LogP contribution in [0.15, 0.2) is 42.6 Å². The van der Waals surface area contributed by atoms with E-state index in [9.17, 15) is 18.0 Å². The second-order valence-corrected chi connectivity index (χ2v) is 9.62. The van der Waals surface area contributed by atoms with Crippen molar-refractivity contribution >= 4 is 11.9 Å². The molecular formula is C25H32F3N5O3. The zero-order valence-corrected chi connectivity index (χ0v) is 20.9. The highest BCUT2D eigenvalue weighted by Crippen LogP contribution is 2.26. The Morgan fingerprint density at radius 2 is 1.89 bits per heavy atom. The van der Waals surface area contributed by atoms with Crippen LogP contribution in [0.5, 0.6) is 5.75 Å². The van der Waals surface area contributed by atoms with Crippen LogP contribution in [0.2, 0.25) is 0 Å². The Kier molecular flexibility index (Phi) is 8.65. The van der Waals surface area contributed by atoms with Gasteiger partial charge in [-0.15, -0.1) is 13.2 Å². The van der Waals surface area contributed by atoms with Gasteiger partial charge in [-0.1, -0.05) is 12.1 Å². The molecule has 11 heteroatoms.